The van der Waals surface area contributed by atoms with Gasteiger partial charge in [-0.2, -0.15) is 0 Å². The predicted octanol–water partition coefficient (Wildman–Crippen LogP) is 3.21. The third-order valence-electron chi connectivity index (χ3n) is 3.03. The van der Waals surface area contributed by atoms with E-state index in [4.69, 9.17) is 17.3 Å². The maximum atomic E-state index is 6.03. The number of nitrogens with one attached hydrogen (secondary N) is 1. The maximum absolute atomic E-state index is 6.03. The van der Waals surface area contributed by atoms with E-state index in [2.05, 4.69) is 23.3 Å². The summed E-state index contributed by atoms with van der Waals surface area (Å²) < 4.78 is 0. The van der Waals surface area contributed by atoms with Crippen LogP contribution in [0.2, 0.25) is 5.02 Å². The third-order valence-corrected chi connectivity index (χ3v) is 3.26. The summed E-state index contributed by atoms with van der Waals surface area (Å²) >= 11 is 6.03. The van der Waals surface area contributed by atoms with Crippen molar-refractivity contribution in [3.8, 4) is 0 Å². The molecule has 3 N–H and O–H groups in total. The quantitative estimate of drug-likeness (QED) is 0.881. The van der Waals surface area contributed by atoms with Gasteiger partial charge in [0.25, 0.3) is 0 Å². The molecule has 0 fully saturated rings. The first-order chi connectivity index (χ1) is 9.20. The fourth-order valence-corrected chi connectivity index (χ4v) is 2.38. The van der Waals surface area contributed by atoms with Gasteiger partial charge in [0, 0.05) is 22.8 Å². The summed E-state index contributed by atoms with van der Waals surface area (Å²) in [6, 6.07) is 12.0. The first-order valence-electron chi connectivity index (χ1n) is 6.39. The Morgan fingerprint density at radius 2 is 2.16 bits per heavy atom. The van der Waals surface area contributed by atoms with E-state index in [0.29, 0.717) is 5.82 Å². The molecule has 3 nitrogen and oxygen atoms in total. The van der Waals surface area contributed by atoms with Gasteiger partial charge >= 0.3 is 0 Å². The number of nitrogen functional groups attached to an aromatic ring is 1. The third kappa shape index (κ3) is 3.69. The summed E-state index contributed by atoms with van der Waals surface area (Å²) in [5.41, 5.74) is 8.17. The molecule has 0 aliphatic carbocycles. The van der Waals surface area contributed by atoms with Gasteiger partial charge in [-0.15, -0.1) is 0 Å². The number of halogens is 1. The van der Waals surface area contributed by atoms with Gasteiger partial charge in [0.1, 0.15) is 5.82 Å². The molecule has 4 heteroatoms. The van der Waals surface area contributed by atoms with Crippen LogP contribution in [0.1, 0.15) is 24.1 Å². The Labute approximate surface area is 118 Å². The molecule has 0 saturated carbocycles. The normalized spacial score (nSPS) is 12.3. The molecule has 1 unspecified atom stereocenters. The monoisotopic (exact) mass is 275 g/mol. The molecule has 1 aromatic heterocycles. The molecule has 0 amide bonds. The summed E-state index contributed by atoms with van der Waals surface area (Å²) in [4.78, 5) is 4.15. The number of benzene rings is 1. The van der Waals surface area contributed by atoms with Crippen LogP contribution in [-0.4, -0.2) is 11.5 Å². The zero-order valence-electron chi connectivity index (χ0n) is 10.9. The molecular formula is C15H18ClN3. The first kappa shape index (κ1) is 13.8. The fourth-order valence-electron chi connectivity index (χ4n) is 2.16. The summed E-state index contributed by atoms with van der Waals surface area (Å²) in [5, 5.41) is 4.20. The van der Waals surface area contributed by atoms with Crippen LogP contribution in [0.5, 0.6) is 0 Å². The van der Waals surface area contributed by atoms with Crippen molar-refractivity contribution in [3.05, 3.63) is 58.7 Å². The van der Waals surface area contributed by atoms with Crippen LogP contribution >= 0.6 is 11.6 Å². The van der Waals surface area contributed by atoms with Crippen LogP contribution in [0.15, 0.2) is 42.6 Å². The molecule has 1 atom stereocenters. The first-order valence-corrected chi connectivity index (χ1v) is 6.76. The number of aromatic nitrogens is 1. The Balaban J connectivity index is 2.24. The highest BCUT2D eigenvalue weighted by atomic mass is 35.5. The SMILES string of the molecule is CCNC(Cc1cccc(Cl)c1)c1cccnc1N. The lowest BCUT2D eigenvalue weighted by Gasteiger charge is -2.19. The van der Waals surface area contributed by atoms with Crippen LogP contribution in [-0.2, 0) is 6.42 Å². The number of nitrogens with two attached hydrogens (primary N) is 1. The molecule has 0 bridgehead atoms. The van der Waals surface area contributed by atoms with Crippen LogP contribution in [0.4, 0.5) is 5.82 Å². The van der Waals surface area contributed by atoms with Gasteiger partial charge in [-0.05, 0) is 36.7 Å². The van der Waals surface area contributed by atoms with E-state index in [-0.39, 0.29) is 6.04 Å². The van der Waals surface area contributed by atoms with E-state index in [0.717, 1.165) is 23.6 Å². The smallest absolute Gasteiger partial charge is 0.128 e. The molecule has 1 heterocycles. The van der Waals surface area contributed by atoms with Crippen LogP contribution in [0, 0.1) is 0 Å². The van der Waals surface area contributed by atoms with Gasteiger partial charge in [-0.25, -0.2) is 4.98 Å². The summed E-state index contributed by atoms with van der Waals surface area (Å²) in [6.07, 6.45) is 2.55. The summed E-state index contributed by atoms with van der Waals surface area (Å²) in [7, 11) is 0. The van der Waals surface area contributed by atoms with Gasteiger partial charge in [0.2, 0.25) is 0 Å². The van der Waals surface area contributed by atoms with Crippen LogP contribution < -0.4 is 11.1 Å². The zero-order valence-corrected chi connectivity index (χ0v) is 11.7. The van der Waals surface area contributed by atoms with Crippen LogP contribution in [0.3, 0.4) is 0 Å². The van der Waals surface area contributed by atoms with Crippen molar-refractivity contribution in [1.29, 1.82) is 0 Å². The van der Waals surface area contributed by atoms with Gasteiger partial charge < -0.3 is 11.1 Å². The van der Waals surface area contributed by atoms with Crippen molar-refractivity contribution in [3.63, 3.8) is 0 Å². The second-order valence-electron chi connectivity index (χ2n) is 4.42. The average molecular weight is 276 g/mol. The molecule has 0 saturated heterocycles. The zero-order chi connectivity index (χ0) is 13.7. The lowest BCUT2D eigenvalue weighted by atomic mass is 9.99. The number of nitrogens with zero attached hydrogens (tertiary/aromatic N) is 1. The van der Waals surface area contributed by atoms with Gasteiger partial charge in [-0.3, -0.25) is 0 Å². The van der Waals surface area contributed by atoms with Crippen molar-refractivity contribution >= 4 is 17.4 Å². The topological polar surface area (TPSA) is 50.9 Å². The number of hydrogen-bond donors (Lipinski definition) is 2. The van der Waals surface area contributed by atoms with E-state index in [1.807, 2.05) is 30.3 Å². The number of pyridine rings is 1. The molecule has 0 spiro atoms. The van der Waals surface area contributed by atoms with Crippen molar-refractivity contribution in [1.82, 2.24) is 10.3 Å². The fraction of sp³-hybridized carbons (Fsp3) is 0.267. The molecule has 0 aliphatic heterocycles. The average Bonchev–Trinajstić information content (AvgIpc) is 2.39. The highest BCUT2D eigenvalue weighted by Gasteiger charge is 2.14. The Morgan fingerprint density at radius 1 is 1.32 bits per heavy atom. The summed E-state index contributed by atoms with van der Waals surface area (Å²) in [5.74, 6) is 0.579. The largest absolute Gasteiger partial charge is 0.383 e. The minimum Gasteiger partial charge on any atom is -0.383 e. The second-order valence-corrected chi connectivity index (χ2v) is 4.86. The van der Waals surface area contributed by atoms with Crippen LogP contribution in [0.25, 0.3) is 0 Å². The van der Waals surface area contributed by atoms with Gasteiger partial charge in [0.15, 0.2) is 0 Å². The molecule has 2 rings (SSSR count). The minimum atomic E-state index is 0.150. The lowest BCUT2D eigenvalue weighted by molar-refractivity contribution is 0.550. The van der Waals surface area contributed by atoms with Crippen molar-refractivity contribution in [2.45, 2.75) is 19.4 Å². The molecule has 0 radical (unpaired) electrons. The molecule has 100 valence electrons. The van der Waals surface area contributed by atoms with E-state index in [9.17, 15) is 0 Å². The number of hydrogen-bond acceptors (Lipinski definition) is 3. The standard InChI is InChI=1S/C15H18ClN3/c1-2-18-14(13-7-4-8-19-15(13)17)10-11-5-3-6-12(16)9-11/h3-9,14,18H,2,10H2,1H3,(H2,17,19). The van der Waals surface area contributed by atoms with Crippen molar-refractivity contribution < 1.29 is 0 Å². The Morgan fingerprint density at radius 3 is 2.84 bits per heavy atom. The molecule has 19 heavy (non-hydrogen) atoms. The molecular weight excluding hydrogens is 258 g/mol. The molecule has 0 aliphatic rings. The lowest BCUT2D eigenvalue weighted by Crippen LogP contribution is -2.24. The molecule has 1 aromatic carbocycles. The highest BCUT2D eigenvalue weighted by Crippen LogP contribution is 2.23. The number of rotatable bonds is 5. The molecule has 2 aromatic rings. The van der Waals surface area contributed by atoms with E-state index < -0.39 is 0 Å². The second kappa shape index (κ2) is 6.55. The highest BCUT2D eigenvalue weighted by molar-refractivity contribution is 6.30. The number of anilines is 1. The van der Waals surface area contributed by atoms with Gasteiger partial charge in [-0.1, -0.05) is 36.7 Å². The maximum Gasteiger partial charge on any atom is 0.128 e. The Kier molecular flexibility index (Phi) is 4.77. The van der Waals surface area contributed by atoms with E-state index in [1.54, 1.807) is 6.20 Å². The Bertz CT molecular complexity index is 542. The Hall–Kier alpha value is -1.58. The minimum absolute atomic E-state index is 0.150. The van der Waals surface area contributed by atoms with Crippen molar-refractivity contribution in [2.75, 3.05) is 12.3 Å². The van der Waals surface area contributed by atoms with Gasteiger partial charge in [0.05, 0.1) is 0 Å². The summed E-state index contributed by atoms with van der Waals surface area (Å²) in [6.45, 7) is 2.96. The van der Waals surface area contributed by atoms with Crippen molar-refractivity contribution in [2.24, 2.45) is 0 Å². The van der Waals surface area contributed by atoms with E-state index in [1.165, 1.54) is 5.56 Å². The predicted molar refractivity (Wildman–Crippen MR) is 80.2 cm³/mol. The van der Waals surface area contributed by atoms with E-state index >= 15 is 0 Å². The number of likely N-dealkylation sites (N-methyl/N-ethyl adjacent to an activating group) is 1.